The van der Waals surface area contributed by atoms with Crippen LogP contribution in [-0.2, 0) is 10.2 Å². The Bertz CT molecular complexity index is 478. The molecule has 0 radical (unpaired) electrons. The highest BCUT2D eigenvalue weighted by atomic mass is 79.9. The fourth-order valence-corrected chi connectivity index (χ4v) is 1.66. The summed E-state index contributed by atoms with van der Waals surface area (Å²) in [6.07, 6.45) is 0. The van der Waals surface area contributed by atoms with Crippen LogP contribution in [0.15, 0.2) is 16.6 Å². The van der Waals surface area contributed by atoms with Crippen molar-refractivity contribution in [2.75, 3.05) is 11.8 Å². The molecular weight excluding hydrogens is 294 g/mol. The first kappa shape index (κ1) is 12.3. The maximum atomic E-state index is 13.1. The summed E-state index contributed by atoms with van der Waals surface area (Å²) in [7, 11) is -2.70. The molecule has 0 aliphatic carbocycles. The smallest absolute Gasteiger partial charge is 0.268 e. The number of benzene rings is 1. The monoisotopic (exact) mass is 300 g/mol. The van der Waals surface area contributed by atoms with E-state index in [1.54, 1.807) is 0 Å². The van der Waals surface area contributed by atoms with Gasteiger partial charge in [-0.25, -0.2) is 13.5 Å². The molecule has 0 saturated carbocycles. The molecule has 2 N–H and O–H groups in total. The third kappa shape index (κ3) is 3.11. The summed E-state index contributed by atoms with van der Waals surface area (Å²) in [5, 5.41) is 0. The lowest BCUT2D eigenvalue weighted by atomic mass is 10.3. The lowest BCUT2D eigenvalue weighted by molar-refractivity contribution is 0.587. The van der Waals surface area contributed by atoms with Crippen molar-refractivity contribution in [3.05, 3.63) is 28.2 Å². The van der Waals surface area contributed by atoms with Gasteiger partial charge in [-0.3, -0.25) is 4.72 Å². The Hall–Kier alpha value is -0.730. The van der Waals surface area contributed by atoms with Crippen LogP contribution in [0.25, 0.3) is 0 Å². The molecule has 8 heteroatoms. The van der Waals surface area contributed by atoms with Crippen LogP contribution >= 0.6 is 15.9 Å². The molecule has 0 bridgehead atoms. The predicted molar refractivity (Wildman–Crippen MR) is 55.7 cm³/mol. The first-order chi connectivity index (χ1) is 6.85. The van der Waals surface area contributed by atoms with Crippen molar-refractivity contribution in [2.45, 2.75) is 0 Å². The molecule has 1 aromatic carbocycles. The van der Waals surface area contributed by atoms with E-state index >= 15 is 0 Å². The second kappa shape index (κ2) is 4.42. The second-order valence-corrected chi connectivity index (χ2v) is 5.03. The fourth-order valence-electron chi connectivity index (χ4n) is 0.797. The summed E-state index contributed by atoms with van der Waals surface area (Å²) in [6, 6.07) is 1.58. The van der Waals surface area contributed by atoms with Gasteiger partial charge in [0.15, 0.2) is 0 Å². The van der Waals surface area contributed by atoms with Gasteiger partial charge in [0, 0.05) is 13.1 Å². The van der Waals surface area contributed by atoms with E-state index < -0.39 is 27.5 Å². The normalized spacial score (nSPS) is 11.5. The first-order valence-electron chi connectivity index (χ1n) is 3.71. The Morgan fingerprint density at radius 3 is 2.40 bits per heavy atom. The van der Waals surface area contributed by atoms with Gasteiger partial charge < -0.3 is 0 Å². The molecule has 0 unspecified atom stereocenters. The molecule has 4 nitrogen and oxygen atoms in total. The molecule has 84 valence electrons. The summed E-state index contributed by atoms with van der Waals surface area (Å²) in [5.74, 6) is -1.63. The number of halogens is 3. The molecule has 15 heavy (non-hydrogen) atoms. The van der Waals surface area contributed by atoms with Gasteiger partial charge in [0.2, 0.25) is 0 Å². The van der Waals surface area contributed by atoms with Crippen LogP contribution in [0.1, 0.15) is 0 Å². The van der Waals surface area contributed by atoms with Crippen molar-refractivity contribution in [3.63, 3.8) is 0 Å². The van der Waals surface area contributed by atoms with Crippen LogP contribution in [0.5, 0.6) is 0 Å². The molecule has 0 saturated heterocycles. The average Bonchev–Trinajstić information content (AvgIpc) is 2.14. The minimum Gasteiger partial charge on any atom is -0.268 e. The Balaban J connectivity index is 3.12. The quantitative estimate of drug-likeness (QED) is 0.833. The summed E-state index contributed by atoms with van der Waals surface area (Å²) in [5.41, 5.74) is -0.454. The van der Waals surface area contributed by atoms with Crippen LogP contribution in [0.2, 0.25) is 0 Å². The van der Waals surface area contributed by atoms with E-state index in [0.29, 0.717) is 0 Å². The summed E-state index contributed by atoms with van der Waals surface area (Å²) < 4.78 is 51.8. The third-order valence-corrected chi connectivity index (χ3v) is 3.16. The molecule has 0 amide bonds. The Kier molecular flexibility index (Phi) is 3.63. The first-order valence-corrected chi connectivity index (χ1v) is 5.99. The van der Waals surface area contributed by atoms with Crippen LogP contribution < -0.4 is 9.44 Å². The van der Waals surface area contributed by atoms with E-state index in [4.69, 9.17) is 0 Å². The van der Waals surface area contributed by atoms with E-state index in [9.17, 15) is 17.2 Å². The highest BCUT2D eigenvalue weighted by molar-refractivity contribution is 9.10. The fraction of sp³-hybridized carbons (Fsp3) is 0.143. The molecule has 0 aliphatic rings. The van der Waals surface area contributed by atoms with Gasteiger partial charge in [0.25, 0.3) is 10.2 Å². The Labute approximate surface area is 94.0 Å². The molecule has 1 rings (SSSR count). The number of rotatable bonds is 3. The molecule has 0 spiro atoms. The molecule has 0 atom stereocenters. The van der Waals surface area contributed by atoms with E-state index in [2.05, 4.69) is 15.9 Å². The van der Waals surface area contributed by atoms with Gasteiger partial charge >= 0.3 is 0 Å². The zero-order valence-electron chi connectivity index (χ0n) is 7.51. The zero-order valence-corrected chi connectivity index (χ0v) is 9.92. The standard InChI is InChI=1S/C7H7BrF2N2O2S/c1-11-15(13,14)12-7-3-5(9)4(8)2-6(7)10/h2-3,11-12H,1H3. The van der Waals surface area contributed by atoms with Gasteiger partial charge in [0.05, 0.1) is 10.2 Å². The van der Waals surface area contributed by atoms with Crippen LogP contribution in [0, 0.1) is 11.6 Å². The van der Waals surface area contributed by atoms with Crippen LogP contribution in [0.3, 0.4) is 0 Å². The van der Waals surface area contributed by atoms with E-state index in [1.807, 2.05) is 9.44 Å². The minimum absolute atomic E-state index is 0.0765. The molecule has 1 aromatic rings. The minimum atomic E-state index is -3.85. The summed E-state index contributed by atoms with van der Waals surface area (Å²) in [4.78, 5) is 0. The van der Waals surface area contributed by atoms with Crippen molar-refractivity contribution in [2.24, 2.45) is 0 Å². The molecule has 0 aliphatic heterocycles. The molecule has 0 fully saturated rings. The number of anilines is 1. The van der Waals surface area contributed by atoms with Crippen molar-refractivity contribution >= 4 is 31.8 Å². The highest BCUT2D eigenvalue weighted by Gasteiger charge is 2.13. The zero-order chi connectivity index (χ0) is 11.6. The average molecular weight is 301 g/mol. The lowest BCUT2D eigenvalue weighted by Gasteiger charge is -2.08. The summed E-state index contributed by atoms with van der Waals surface area (Å²) >= 11 is 2.77. The van der Waals surface area contributed by atoms with Crippen molar-refractivity contribution in [1.29, 1.82) is 0 Å². The van der Waals surface area contributed by atoms with E-state index in [1.165, 1.54) is 0 Å². The third-order valence-electron chi connectivity index (χ3n) is 1.52. The van der Waals surface area contributed by atoms with E-state index in [0.717, 1.165) is 19.2 Å². The van der Waals surface area contributed by atoms with Gasteiger partial charge in [-0.1, -0.05) is 0 Å². The number of hydrogen-bond donors (Lipinski definition) is 2. The predicted octanol–water partition coefficient (Wildman–Crippen LogP) is 1.60. The SMILES string of the molecule is CNS(=O)(=O)Nc1cc(F)c(Br)cc1F. The Morgan fingerprint density at radius 2 is 1.87 bits per heavy atom. The van der Waals surface area contributed by atoms with Crippen molar-refractivity contribution in [1.82, 2.24) is 4.72 Å². The van der Waals surface area contributed by atoms with Crippen molar-refractivity contribution < 1.29 is 17.2 Å². The molecular formula is C7H7BrF2N2O2S. The van der Waals surface area contributed by atoms with Gasteiger partial charge in [-0.05, 0) is 22.0 Å². The molecule has 0 heterocycles. The second-order valence-electron chi connectivity index (χ2n) is 2.56. The largest absolute Gasteiger partial charge is 0.298 e. The van der Waals surface area contributed by atoms with Crippen LogP contribution in [0.4, 0.5) is 14.5 Å². The van der Waals surface area contributed by atoms with Crippen molar-refractivity contribution in [3.8, 4) is 0 Å². The maximum Gasteiger partial charge on any atom is 0.298 e. The molecule has 0 aromatic heterocycles. The summed E-state index contributed by atoms with van der Waals surface area (Å²) in [6.45, 7) is 0. The lowest BCUT2D eigenvalue weighted by Crippen LogP contribution is -2.26. The van der Waals surface area contributed by atoms with E-state index in [-0.39, 0.29) is 4.47 Å². The Morgan fingerprint density at radius 1 is 1.27 bits per heavy atom. The van der Waals surface area contributed by atoms with Gasteiger partial charge in [0.1, 0.15) is 11.6 Å². The topological polar surface area (TPSA) is 58.2 Å². The van der Waals surface area contributed by atoms with Gasteiger partial charge in [-0.15, -0.1) is 0 Å². The van der Waals surface area contributed by atoms with Gasteiger partial charge in [-0.2, -0.15) is 8.42 Å². The maximum absolute atomic E-state index is 13.1. The highest BCUT2D eigenvalue weighted by Crippen LogP contribution is 2.23. The van der Waals surface area contributed by atoms with Crippen LogP contribution in [-0.4, -0.2) is 15.5 Å². The number of nitrogens with one attached hydrogen (secondary N) is 2. The number of hydrogen-bond acceptors (Lipinski definition) is 2.